The molecule has 1 atom stereocenters. The number of carbonyl (C=O) groups excluding carboxylic acids is 2. The Kier molecular flexibility index (Phi) is 4.55. The lowest BCUT2D eigenvalue weighted by Gasteiger charge is -2.28. The predicted octanol–water partition coefficient (Wildman–Crippen LogP) is 3.88. The Morgan fingerprint density at radius 1 is 1.19 bits per heavy atom. The lowest BCUT2D eigenvalue weighted by Crippen LogP contribution is -2.33. The van der Waals surface area contributed by atoms with Gasteiger partial charge in [-0.05, 0) is 23.8 Å². The van der Waals surface area contributed by atoms with Crippen LogP contribution in [0.4, 0.5) is 14.5 Å². The maximum Gasteiger partial charge on any atom is 0.294 e. The van der Waals surface area contributed by atoms with Crippen molar-refractivity contribution in [3.8, 4) is 0 Å². The van der Waals surface area contributed by atoms with E-state index >= 15 is 0 Å². The molecule has 1 aromatic heterocycles. The highest BCUT2D eigenvalue weighted by atomic mass is 19.2. The number of hydrogen-bond donors (Lipinski definition) is 1. The summed E-state index contributed by atoms with van der Waals surface area (Å²) < 4.78 is 27.1. The van der Waals surface area contributed by atoms with Gasteiger partial charge >= 0.3 is 0 Å². The summed E-state index contributed by atoms with van der Waals surface area (Å²) in [6, 6.07) is 5.23. The second kappa shape index (κ2) is 6.57. The molecule has 1 aliphatic rings. The number of pyridine rings is 1. The van der Waals surface area contributed by atoms with Gasteiger partial charge in [-0.1, -0.05) is 26.8 Å². The van der Waals surface area contributed by atoms with E-state index in [4.69, 9.17) is 0 Å². The molecule has 7 heteroatoms. The first kappa shape index (κ1) is 18.7. The number of carbonyl (C=O) groups is 2. The first-order chi connectivity index (χ1) is 12.6. The van der Waals surface area contributed by atoms with Crippen molar-refractivity contribution < 1.29 is 23.5 Å². The minimum atomic E-state index is -1.14. The van der Waals surface area contributed by atoms with Crippen LogP contribution in [-0.4, -0.2) is 21.8 Å². The average molecular weight is 372 g/mol. The number of rotatable bonds is 3. The molecule has 1 N–H and O–H groups in total. The van der Waals surface area contributed by atoms with Crippen molar-refractivity contribution in [3.63, 3.8) is 0 Å². The summed E-state index contributed by atoms with van der Waals surface area (Å²) in [5.74, 6) is -4.19. The molecule has 0 bridgehead atoms. The molecule has 1 amide bonds. The summed E-state index contributed by atoms with van der Waals surface area (Å²) in [6.07, 6.45) is 2.98. The van der Waals surface area contributed by atoms with Gasteiger partial charge in [0.25, 0.3) is 5.91 Å². The Morgan fingerprint density at radius 3 is 2.44 bits per heavy atom. The smallest absolute Gasteiger partial charge is 0.294 e. The molecule has 0 aliphatic carbocycles. The SMILES string of the molecule is CC(C)(C)C(=O)C1=C(O)C(=O)N(c2ccc(F)c(F)c2)C1c1cccnc1. The first-order valence-electron chi connectivity index (χ1n) is 8.29. The van der Waals surface area contributed by atoms with Crippen LogP contribution in [0.3, 0.4) is 0 Å². The van der Waals surface area contributed by atoms with Gasteiger partial charge in [0.15, 0.2) is 23.2 Å². The Balaban J connectivity index is 2.21. The van der Waals surface area contributed by atoms with Crippen LogP contribution in [0.1, 0.15) is 32.4 Å². The second-order valence-electron chi connectivity index (χ2n) is 7.30. The van der Waals surface area contributed by atoms with Crippen LogP contribution in [0.25, 0.3) is 0 Å². The van der Waals surface area contributed by atoms with Crippen LogP contribution >= 0.6 is 0 Å². The number of halogens is 2. The van der Waals surface area contributed by atoms with Gasteiger partial charge in [-0.25, -0.2) is 8.78 Å². The Labute approximate surface area is 155 Å². The van der Waals surface area contributed by atoms with Gasteiger partial charge in [0.2, 0.25) is 0 Å². The molecular formula is C20H18F2N2O3. The second-order valence-corrected chi connectivity index (χ2v) is 7.30. The van der Waals surface area contributed by atoms with E-state index in [1.807, 2.05) is 0 Å². The average Bonchev–Trinajstić information content (AvgIpc) is 2.88. The van der Waals surface area contributed by atoms with E-state index < -0.39 is 40.5 Å². The number of benzene rings is 1. The van der Waals surface area contributed by atoms with E-state index in [-0.39, 0.29) is 11.3 Å². The number of Topliss-reactive ketones (excluding diaryl/α,β-unsaturated/α-hetero) is 1. The summed E-state index contributed by atoms with van der Waals surface area (Å²) in [7, 11) is 0. The van der Waals surface area contributed by atoms with E-state index in [0.717, 1.165) is 17.0 Å². The van der Waals surface area contributed by atoms with E-state index in [9.17, 15) is 23.5 Å². The van der Waals surface area contributed by atoms with Gasteiger partial charge in [0.05, 0.1) is 11.6 Å². The standard InChI is InChI=1S/C20H18F2N2O3/c1-20(2,3)18(26)15-16(11-5-4-8-23-10-11)24(19(27)17(15)25)12-6-7-13(21)14(22)9-12/h4-10,16,25H,1-3H3. The van der Waals surface area contributed by atoms with Crippen LogP contribution < -0.4 is 4.90 Å². The molecule has 0 spiro atoms. The Hall–Kier alpha value is -3.09. The molecule has 5 nitrogen and oxygen atoms in total. The van der Waals surface area contributed by atoms with Crippen molar-refractivity contribution >= 4 is 17.4 Å². The number of ketones is 1. The number of nitrogens with zero attached hydrogens (tertiary/aromatic N) is 2. The summed E-state index contributed by atoms with van der Waals surface area (Å²) in [4.78, 5) is 30.8. The molecule has 1 aromatic carbocycles. The number of anilines is 1. The summed E-state index contributed by atoms with van der Waals surface area (Å²) in [5.41, 5.74) is -0.470. The summed E-state index contributed by atoms with van der Waals surface area (Å²) in [5, 5.41) is 10.5. The van der Waals surface area contributed by atoms with Crippen molar-refractivity contribution in [3.05, 3.63) is 71.3 Å². The summed E-state index contributed by atoms with van der Waals surface area (Å²) in [6.45, 7) is 5.00. The molecule has 0 saturated carbocycles. The topological polar surface area (TPSA) is 70.5 Å². The van der Waals surface area contributed by atoms with Crippen LogP contribution in [0.5, 0.6) is 0 Å². The monoisotopic (exact) mass is 372 g/mol. The fourth-order valence-electron chi connectivity index (χ4n) is 3.00. The van der Waals surface area contributed by atoms with Crippen molar-refractivity contribution in [2.45, 2.75) is 26.8 Å². The zero-order valence-corrected chi connectivity index (χ0v) is 15.0. The lowest BCUT2D eigenvalue weighted by atomic mass is 9.82. The molecule has 1 unspecified atom stereocenters. The van der Waals surface area contributed by atoms with Crippen molar-refractivity contribution in [2.24, 2.45) is 5.41 Å². The van der Waals surface area contributed by atoms with E-state index in [2.05, 4.69) is 4.98 Å². The van der Waals surface area contributed by atoms with E-state index in [1.165, 1.54) is 18.5 Å². The minimum Gasteiger partial charge on any atom is -0.503 e. The molecule has 3 rings (SSSR count). The third-order valence-electron chi connectivity index (χ3n) is 4.32. The number of amides is 1. The molecule has 140 valence electrons. The van der Waals surface area contributed by atoms with Crippen LogP contribution in [0, 0.1) is 17.0 Å². The molecule has 0 fully saturated rings. The zero-order valence-electron chi connectivity index (χ0n) is 15.0. The third-order valence-corrected chi connectivity index (χ3v) is 4.32. The molecule has 0 radical (unpaired) electrons. The predicted molar refractivity (Wildman–Crippen MR) is 94.9 cm³/mol. The Bertz CT molecular complexity index is 949. The minimum absolute atomic E-state index is 0.0241. The lowest BCUT2D eigenvalue weighted by molar-refractivity contribution is -0.123. The number of aliphatic hydroxyl groups is 1. The van der Waals surface area contributed by atoms with Crippen LogP contribution in [0.15, 0.2) is 54.1 Å². The Morgan fingerprint density at radius 2 is 1.89 bits per heavy atom. The molecule has 0 saturated heterocycles. The van der Waals surface area contributed by atoms with Gasteiger partial charge in [0.1, 0.15) is 0 Å². The zero-order chi connectivity index (χ0) is 19.9. The first-order valence-corrected chi connectivity index (χ1v) is 8.29. The molecule has 2 aromatic rings. The normalized spacial score (nSPS) is 17.6. The highest BCUT2D eigenvalue weighted by molar-refractivity contribution is 6.17. The fraction of sp³-hybridized carbons (Fsp3) is 0.250. The van der Waals surface area contributed by atoms with Gasteiger partial charge in [-0.15, -0.1) is 0 Å². The van der Waals surface area contributed by atoms with Crippen molar-refractivity contribution in [1.29, 1.82) is 0 Å². The molecule has 1 aliphatic heterocycles. The van der Waals surface area contributed by atoms with E-state index in [1.54, 1.807) is 32.9 Å². The number of aromatic nitrogens is 1. The number of hydrogen-bond acceptors (Lipinski definition) is 4. The number of aliphatic hydroxyl groups excluding tert-OH is 1. The third kappa shape index (κ3) is 3.20. The van der Waals surface area contributed by atoms with Crippen molar-refractivity contribution in [1.82, 2.24) is 4.98 Å². The van der Waals surface area contributed by atoms with Crippen LogP contribution in [0.2, 0.25) is 0 Å². The fourth-order valence-corrected chi connectivity index (χ4v) is 3.00. The van der Waals surface area contributed by atoms with Crippen LogP contribution in [-0.2, 0) is 9.59 Å². The highest BCUT2D eigenvalue weighted by Crippen LogP contribution is 2.43. The van der Waals surface area contributed by atoms with Gasteiger partial charge < -0.3 is 5.11 Å². The maximum absolute atomic E-state index is 13.8. The maximum atomic E-state index is 13.8. The quantitative estimate of drug-likeness (QED) is 0.888. The summed E-state index contributed by atoms with van der Waals surface area (Å²) >= 11 is 0. The molecular weight excluding hydrogens is 354 g/mol. The molecule has 27 heavy (non-hydrogen) atoms. The van der Waals surface area contributed by atoms with Gasteiger partial charge in [-0.3, -0.25) is 19.5 Å². The molecule has 2 heterocycles. The van der Waals surface area contributed by atoms with Crippen molar-refractivity contribution in [2.75, 3.05) is 4.90 Å². The largest absolute Gasteiger partial charge is 0.503 e. The van der Waals surface area contributed by atoms with E-state index in [0.29, 0.717) is 5.56 Å². The van der Waals surface area contributed by atoms with Gasteiger partial charge in [-0.2, -0.15) is 0 Å². The van der Waals surface area contributed by atoms with Gasteiger partial charge in [0, 0.05) is 29.6 Å². The highest BCUT2D eigenvalue weighted by Gasteiger charge is 2.46.